The lowest BCUT2D eigenvalue weighted by Gasteiger charge is -2.08. The normalized spacial score (nSPS) is 9.81. The zero-order chi connectivity index (χ0) is 15.4. The SMILES string of the molecule is N#Cc1ccc(Cl)cc1NC(=O)c1cnc(NN)c(Cl)c1. The number of rotatable bonds is 3. The van der Waals surface area contributed by atoms with Crippen molar-refractivity contribution in [1.82, 2.24) is 4.98 Å². The zero-order valence-corrected chi connectivity index (χ0v) is 12.0. The van der Waals surface area contributed by atoms with Gasteiger partial charge >= 0.3 is 0 Å². The first-order valence-corrected chi connectivity index (χ1v) is 6.44. The number of pyridine rings is 1. The lowest BCUT2D eigenvalue weighted by atomic mass is 10.2. The highest BCUT2D eigenvalue weighted by Crippen LogP contribution is 2.23. The molecule has 0 aliphatic heterocycles. The number of nitrogens with one attached hydrogen (secondary N) is 2. The highest BCUT2D eigenvalue weighted by molar-refractivity contribution is 6.33. The van der Waals surface area contributed by atoms with Gasteiger partial charge in [0.05, 0.1) is 21.8 Å². The van der Waals surface area contributed by atoms with Crippen molar-refractivity contribution in [2.45, 2.75) is 0 Å². The van der Waals surface area contributed by atoms with Gasteiger partial charge in [0.2, 0.25) is 0 Å². The summed E-state index contributed by atoms with van der Waals surface area (Å²) < 4.78 is 0. The smallest absolute Gasteiger partial charge is 0.257 e. The molecule has 0 spiro atoms. The average Bonchev–Trinajstić information content (AvgIpc) is 2.47. The first kappa shape index (κ1) is 15.1. The Hall–Kier alpha value is -2.33. The molecule has 1 heterocycles. The van der Waals surface area contributed by atoms with Gasteiger partial charge in [0.15, 0.2) is 5.82 Å². The van der Waals surface area contributed by atoms with Crippen LogP contribution in [0.15, 0.2) is 30.5 Å². The molecule has 0 fully saturated rings. The average molecular weight is 322 g/mol. The van der Waals surface area contributed by atoms with E-state index in [0.717, 1.165) is 0 Å². The first-order valence-electron chi connectivity index (χ1n) is 5.68. The third kappa shape index (κ3) is 3.41. The number of nitrogen functional groups attached to an aromatic ring is 1. The molecule has 0 saturated heterocycles. The number of hydrogen-bond donors (Lipinski definition) is 3. The maximum absolute atomic E-state index is 12.1. The maximum Gasteiger partial charge on any atom is 0.257 e. The van der Waals surface area contributed by atoms with Crippen LogP contribution in [0, 0.1) is 11.3 Å². The van der Waals surface area contributed by atoms with E-state index in [1.165, 1.54) is 24.4 Å². The van der Waals surface area contributed by atoms with Gasteiger partial charge < -0.3 is 10.7 Å². The van der Waals surface area contributed by atoms with Gasteiger partial charge in [-0.05, 0) is 24.3 Å². The molecule has 1 amide bonds. The molecular formula is C13H9Cl2N5O. The summed E-state index contributed by atoms with van der Waals surface area (Å²) in [6, 6.07) is 7.95. The minimum atomic E-state index is -0.466. The van der Waals surface area contributed by atoms with Crippen LogP contribution < -0.4 is 16.6 Å². The number of carbonyl (C=O) groups is 1. The molecule has 0 unspecified atom stereocenters. The van der Waals surface area contributed by atoms with Gasteiger partial charge in [-0.3, -0.25) is 4.79 Å². The lowest BCUT2D eigenvalue weighted by molar-refractivity contribution is 0.102. The standard InChI is InChI=1S/C13H9Cl2N5O/c14-9-2-1-7(5-16)11(4-9)19-13(21)8-3-10(15)12(20-17)18-6-8/h1-4,6H,17H2,(H,18,20)(H,19,21). The summed E-state index contributed by atoms with van der Waals surface area (Å²) >= 11 is 11.8. The van der Waals surface area contributed by atoms with Crippen molar-refractivity contribution in [3.05, 3.63) is 51.6 Å². The fraction of sp³-hybridized carbons (Fsp3) is 0. The molecule has 2 aromatic rings. The van der Waals surface area contributed by atoms with Crippen LogP contribution in [-0.2, 0) is 0 Å². The Bertz CT molecular complexity index is 742. The number of aromatic nitrogens is 1. The number of nitrogens with zero attached hydrogens (tertiary/aromatic N) is 2. The number of hydrogen-bond acceptors (Lipinski definition) is 5. The number of benzene rings is 1. The molecule has 0 atom stereocenters. The lowest BCUT2D eigenvalue weighted by Crippen LogP contribution is -2.15. The minimum Gasteiger partial charge on any atom is -0.321 e. The molecule has 1 aromatic heterocycles. The number of nitriles is 1. The van der Waals surface area contributed by atoms with Crippen LogP contribution in [-0.4, -0.2) is 10.9 Å². The molecular weight excluding hydrogens is 313 g/mol. The van der Waals surface area contributed by atoms with Gasteiger partial charge in [-0.1, -0.05) is 23.2 Å². The highest BCUT2D eigenvalue weighted by Gasteiger charge is 2.12. The Labute approximate surface area is 130 Å². The fourth-order valence-corrected chi connectivity index (χ4v) is 1.97. The Morgan fingerprint density at radius 2 is 2.10 bits per heavy atom. The van der Waals surface area contributed by atoms with Crippen molar-refractivity contribution in [3.63, 3.8) is 0 Å². The number of nitrogens with two attached hydrogens (primary N) is 1. The molecule has 0 aliphatic rings. The third-order valence-corrected chi connectivity index (χ3v) is 3.11. The molecule has 0 saturated carbocycles. The summed E-state index contributed by atoms with van der Waals surface area (Å²) in [5, 5.41) is 12.2. The molecule has 6 nitrogen and oxygen atoms in total. The first-order chi connectivity index (χ1) is 10.0. The van der Waals surface area contributed by atoms with Crippen LogP contribution in [0.5, 0.6) is 0 Å². The van der Waals surface area contributed by atoms with Crippen molar-refractivity contribution < 1.29 is 4.79 Å². The summed E-state index contributed by atoms with van der Waals surface area (Å²) in [6.07, 6.45) is 1.31. The van der Waals surface area contributed by atoms with E-state index >= 15 is 0 Å². The molecule has 0 radical (unpaired) electrons. The second-order valence-corrected chi connectivity index (χ2v) is 4.80. The quantitative estimate of drug-likeness (QED) is 0.595. The minimum absolute atomic E-state index is 0.205. The van der Waals surface area contributed by atoms with E-state index in [0.29, 0.717) is 16.3 Å². The van der Waals surface area contributed by atoms with Gasteiger partial charge in [-0.2, -0.15) is 5.26 Å². The van der Waals surface area contributed by atoms with Crippen molar-refractivity contribution in [1.29, 1.82) is 5.26 Å². The van der Waals surface area contributed by atoms with E-state index in [1.807, 2.05) is 6.07 Å². The van der Waals surface area contributed by atoms with Gasteiger partial charge in [0.25, 0.3) is 5.91 Å². The predicted octanol–water partition coefficient (Wildman–Crippen LogP) is 2.80. The molecule has 0 bridgehead atoms. The maximum atomic E-state index is 12.1. The molecule has 2 rings (SSSR count). The zero-order valence-electron chi connectivity index (χ0n) is 10.5. The van der Waals surface area contributed by atoms with Crippen molar-refractivity contribution in [2.24, 2.45) is 5.84 Å². The second-order valence-electron chi connectivity index (χ2n) is 3.95. The van der Waals surface area contributed by atoms with E-state index < -0.39 is 5.91 Å². The Morgan fingerprint density at radius 3 is 2.71 bits per heavy atom. The summed E-state index contributed by atoms with van der Waals surface area (Å²) in [4.78, 5) is 16.0. The van der Waals surface area contributed by atoms with E-state index in [9.17, 15) is 4.79 Å². The van der Waals surface area contributed by atoms with Crippen LogP contribution in [0.25, 0.3) is 0 Å². The van der Waals surface area contributed by atoms with Crippen molar-refractivity contribution >= 4 is 40.6 Å². The van der Waals surface area contributed by atoms with Crippen molar-refractivity contribution in [2.75, 3.05) is 10.7 Å². The van der Waals surface area contributed by atoms with Crippen LogP contribution in [0.3, 0.4) is 0 Å². The Balaban J connectivity index is 2.28. The summed E-state index contributed by atoms with van der Waals surface area (Å²) in [7, 11) is 0. The molecule has 1 aromatic carbocycles. The third-order valence-electron chi connectivity index (χ3n) is 2.59. The van der Waals surface area contributed by atoms with Gasteiger partial charge in [0.1, 0.15) is 6.07 Å². The van der Waals surface area contributed by atoms with Gasteiger partial charge in [0, 0.05) is 11.2 Å². The number of carbonyl (C=O) groups excluding carboxylic acids is 1. The molecule has 0 aliphatic carbocycles. The van der Waals surface area contributed by atoms with Crippen LogP contribution >= 0.6 is 23.2 Å². The predicted molar refractivity (Wildman–Crippen MR) is 81.2 cm³/mol. The largest absolute Gasteiger partial charge is 0.321 e. The van der Waals surface area contributed by atoms with E-state index in [1.54, 1.807) is 6.07 Å². The molecule has 106 valence electrons. The topological polar surface area (TPSA) is 104 Å². The molecule has 4 N–H and O–H groups in total. The van der Waals surface area contributed by atoms with E-state index in [2.05, 4.69) is 15.7 Å². The van der Waals surface area contributed by atoms with E-state index in [4.69, 9.17) is 34.3 Å². The van der Waals surface area contributed by atoms with Crippen LogP contribution in [0.2, 0.25) is 10.0 Å². The van der Waals surface area contributed by atoms with Gasteiger partial charge in [-0.15, -0.1) is 0 Å². The highest BCUT2D eigenvalue weighted by atomic mass is 35.5. The van der Waals surface area contributed by atoms with Crippen molar-refractivity contribution in [3.8, 4) is 6.07 Å². The Morgan fingerprint density at radius 1 is 1.33 bits per heavy atom. The van der Waals surface area contributed by atoms with Crippen LogP contribution in [0.1, 0.15) is 15.9 Å². The number of amides is 1. The Kier molecular flexibility index (Phi) is 4.60. The molecule has 8 heteroatoms. The van der Waals surface area contributed by atoms with Crippen LogP contribution in [0.4, 0.5) is 11.5 Å². The number of anilines is 2. The summed E-state index contributed by atoms with van der Waals surface area (Å²) in [6.45, 7) is 0. The monoisotopic (exact) mass is 321 g/mol. The van der Waals surface area contributed by atoms with E-state index in [-0.39, 0.29) is 16.4 Å². The summed E-state index contributed by atoms with van der Waals surface area (Å²) in [5.74, 6) is 5.00. The second kappa shape index (κ2) is 6.41. The molecule has 21 heavy (non-hydrogen) atoms. The fourth-order valence-electron chi connectivity index (χ4n) is 1.58. The van der Waals surface area contributed by atoms with Gasteiger partial charge in [-0.25, -0.2) is 10.8 Å². The number of halogens is 2. The number of hydrazine groups is 1. The summed E-state index contributed by atoms with van der Waals surface area (Å²) in [5.41, 5.74) is 3.14.